The van der Waals surface area contributed by atoms with E-state index < -0.39 is 10.9 Å². The lowest BCUT2D eigenvalue weighted by Gasteiger charge is -2.11. The summed E-state index contributed by atoms with van der Waals surface area (Å²) < 4.78 is 4.80. The first-order valence-corrected chi connectivity index (χ1v) is 8.55. The predicted octanol–water partition coefficient (Wildman–Crippen LogP) is 4.52. The summed E-state index contributed by atoms with van der Waals surface area (Å²) in [4.78, 5) is 23.3. The number of ether oxygens (including phenoxy) is 1. The summed E-state index contributed by atoms with van der Waals surface area (Å²) in [7, 11) is 1.30. The van der Waals surface area contributed by atoms with Crippen LogP contribution in [0, 0.1) is 24.0 Å². The molecule has 25 heavy (non-hydrogen) atoms. The quantitative estimate of drug-likeness (QED) is 0.338. The molecular weight excluding hydrogens is 386 g/mol. The van der Waals surface area contributed by atoms with Crippen LogP contribution in [0.25, 0.3) is 0 Å². The van der Waals surface area contributed by atoms with E-state index in [0.717, 1.165) is 10.4 Å². The van der Waals surface area contributed by atoms with Crippen molar-refractivity contribution >= 4 is 62.6 Å². The maximum atomic E-state index is 12.0. The van der Waals surface area contributed by atoms with Gasteiger partial charge < -0.3 is 15.4 Å². The van der Waals surface area contributed by atoms with Gasteiger partial charge in [-0.1, -0.05) is 11.6 Å². The van der Waals surface area contributed by atoms with Gasteiger partial charge >= 0.3 is 5.97 Å². The van der Waals surface area contributed by atoms with Crippen LogP contribution >= 0.6 is 35.2 Å². The molecule has 0 fully saturated rings. The van der Waals surface area contributed by atoms with E-state index in [1.165, 1.54) is 36.6 Å². The number of esters is 1. The number of carbonyl (C=O) groups is 1. The molecule has 2 rings (SSSR count). The van der Waals surface area contributed by atoms with Crippen LogP contribution in [0.1, 0.15) is 20.8 Å². The van der Waals surface area contributed by atoms with Crippen LogP contribution in [0.4, 0.5) is 16.4 Å². The van der Waals surface area contributed by atoms with Crippen LogP contribution in [-0.4, -0.2) is 23.1 Å². The van der Waals surface area contributed by atoms with E-state index in [1.54, 1.807) is 0 Å². The molecular formula is C15H14ClN3O4S2. The van der Waals surface area contributed by atoms with Gasteiger partial charge in [-0.3, -0.25) is 10.1 Å². The number of thiocarbonyl (C=S) groups is 1. The van der Waals surface area contributed by atoms with Crippen molar-refractivity contribution in [3.8, 4) is 0 Å². The smallest absolute Gasteiger partial charge is 0.341 e. The Morgan fingerprint density at radius 2 is 2.04 bits per heavy atom. The molecule has 0 radical (unpaired) electrons. The highest BCUT2D eigenvalue weighted by atomic mass is 35.5. The second kappa shape index (κ2) is 7.77. The number of nitrogens with zero attached hydrogens (tertiary/aromatic N) is 1. The zero-order chi connectivity index (χ0) is 18.7. The number of carbonyl (C=O) groups excluding carboxylic acids is 1. The Balaban J connectivity index is 2.24. The third-order valence-electron chi connectivity index (χ3n) is 3.41. The molecule has 0 saturated carbocycles. The molecule has 0 saturated heterocycles. The third-order valence-corrected chi connectivity index (χ3v) is 5.07. The minimum atomic E-state index is -0.528. The Morgan fingerprint density at radius 1 is 1.36 bits per heavy atom. The molecule has 0 aliphatic carbocycles. The van der Waals surface area contributed by atoms with Gasteiger partial charge in [0, 0.05) is 17.0 Å². The molecule has 0 aliphatic heterocycles. The van der Waals surface area contributed by atoms with E-state index in [-0.39, 0.29) is 21.5 Å². The number of methoxy groups -OCH3 is 1. The fraction of sp³-hybridized carbons (Fsp3) is 0.200. The Kier molecular flexibility index (Phi) is 5.93. The number of non-ortho nitro benzene ring substituents is 1. The lowest BCUT2D eigenvalue weighted by atomic mass is 10.1. The van der Waals surface area contributed by atoms with E-state index in [9.17, 15) is 14.9 Å². The summed E-state index contributed by atoms with van der Waals surface area (Å²) >= 11 is 12.6. The zero-order valence-corrected chi connectivity index (χ0v) is 15.9. The van der Waals surface area contributed by atoms with Crippen molar-refractivity contribution in [1.29, 1.82) is 0 Å². The number of hydrogen-bond acceptors (Lipinski definition) is 6. The van der Waals surface area contributed by atoms with Crippen LogP contribution < -0.4 is 10.6 Å². The predicted molar refractivity (Wildman–Crippen MR) is 103 cm³/mol. The van der Waals surface area contributed by atoms with Gasteiger partial charge in [0.1, 0.15) is 5.00 Å². The Hall–Kier alpha value is -2.23. The Morgan fingerprint density at radius 3 is 2.64 bits per heavy atom. The first-order valence-electron chi connectivity index (χ1n) is 6.94. The van der Waals surface area contributed by atoms with Crippen LogP contribution in [0.3, 0.4) is 0 Å². The maximum absolute atomic E-state index is 12.0. The summed E-state index contributed by atoms with van der Waals surface area (Å²) in [6, 6.07) is 3.98. The topological polar surface area (TPSA) is 93.5 Å². The SMILES string of the molecule is COC(=O)c1c(NC(=S)Nc2cc([N+](=O)[O-])ccc2Cl)sc(C)c1C. The Bertz CT molecular complexity index is 867. The number of thiophene rings is 1. The number of nitro groups is 1. The number of nitrogens with one attached hydrogen (secondary N) is 2. The van der Waals surface area contributed by atoms with Crippen LogP contribution in [0.5, 0.6) is 0 Å². The normalized spacial score (nSPS) is 10.2. The molecule has 2 aromatic rings. The summed E-state index contributed by atoms with van der Waals surface area (Å²) in [5, 5.41) is 17.6. The van der Waals surface area contributed by atoms with Gasteiger partial charge in [-0.25, -0.2) is 4.79 Å². The van der Waals surface area contributed by atoms with Crippen LogP contribution in [0.15, 0.2) is 18.2 Å². The number of nitro benzene ring substituents is 1. The number of halogens is 1. The highest BCUT2D eigenvalue weighted by Crippen LogP contribution is 2.33. The molecule has 0 amide bonds. The first-order chi connectivity index (χ1) is 11.7. The highest BCUT2D eigenvalue weighted by Gasteiger charge is 2.21. The first kappa shape index (κ1) is 19.1. The number of rotatable bonds is 4. The van der Waals surface area contributed by atoms with E-state index >= 15 is 0 Å². The number of benzene rings is 1. The highest BCUT2D eigenvalue weighted by molar-refractivity contribution is 7.80. The van der Waals surface area contributed by atoms with Gasteiger partial charge in [-0.2, -0.15) is 0 Å². The molecule has 0 atom stereocenters. The molecule has 1 heterocycles. The van der Waals surface area contributed by atoms with E-state index in [1.807, 2.05) is 13.8 Å². The number of anilines is 2. The van der Waals surface area contributed by atoms with Gasteiger partial charge in [0.05, 0.1) is 28.3 Å². The van der Waals surface area contributed by atoms with Crippen molar-refractivity contribution < 1.29 is 14.5 Å². The van der Waals surface area contributed by atoms with E-state index in [4.69, 9.17) is 28.6 Å². The lowest BCUT2D eigenvalue weighted by molar-refractivity contribution is -0.384. The molecule has 0 bridgehead atoms. The average molecular weight is 400 g/mol. The van der Waals surface area contributed by atoms with Gasteiger partial charge in [0.15, 0.2) is 5.11 Å². The molecule has 1 aromatic carbocycles. The van der Waals surface area contributed by atoms with E-state index in [0.29, 0.717) is 10.6 Å². The van der Waals surface area contributed by atoms with Crippen molar-refractivity contribution in [3.05, 3.63) is 49.3 Å². The maximum Gasteiger partial charge on any atom is 0.341 e. The van der Waals surface area contributed by atoms with Crippen molar-refractivity contribution in [2.45, 2.75) is 13.8 Å². The molecule has 0 unspecified atom stereocenters. The minimum Gasteiger partial charge on any atom is -0.465 e. The van der Waals surface area contributed by atoms with Gasteiger partial charge in [0.25, 0.3) is 5.69 Å². The largest absolute Gasteiger partial charge is 0.465 e. The molecule has 2 N–H and O–H groups in total. The van der Waals surface area contributed by atoms with Crippen molar-refractivity contribution in [1.82, 2.24) is 0 Å². The summed E-state index contributed by atoms with van der Waals surface area (Å²) in [6.07, 6.45) is 0. The molecule has 0 aliphatic rings. The molecule has 10 heteroatoms. The molecule has 1 aromatic heterocycles. The molecule has 132 valence electrons. The molecule has 7 nitrogen and oxygen atoms in total. The van der Waals surface area contributed by atoms with Crippen LogP contribution in [0.2, 0.25) is 5.02 Å². The number of hydrogen-bond donors (Lipinski definition) is 2. The second-order valence-corrected chi connectivity index (χ2v) is 7.02. The summed E-state index contributed by atoms with van der Waals surface area (Å²) in [5.74, 6) is -0.472. The standard InChI is InChI=1S/C15H14ClN3O4S2/c1-7-8(2)25-13(12(7)14(20)23-3)18-15(24)17-11-6-9(19(21)22)4-5-10(11)16/h4-6H,1-3H3,(H2,17,18,24). The van der Waals surface area contributed by atoms with Crippen molar-refractivity contribution in [2.24, 2.45) is 0 Å². The summed E-state index contributed by atoms with van der Waals surface area (Å²) in [5.41, 5.74) is 1.38. The lowest BCUT2D eigenvalue weighted by Crippen LogP contribution is -2.20. The summed E-state index contributed by atoms with van der Waals surface area (Å²) in [6.45, 7) is 3.70. The number of aryl methyl sites for hydroxylation is 1. The monoisotopic (exact) mass is 399 g/mol. The molecule has 0 spiro atoms. The Labute approximate surface area is 158 Å². The average Bonchev–Trinajstić information content (AvgIpc) is 2.82. The second-order valence-electron chi connectivity index (χ2n) is 4.98. The van der Waals surface area contributed by atoms with Crippen molar-refractivity contribution in [2.75, 3.05) is 17.7 Å². The van der Waals surface area contributed by atoms with Gasteiger partial charge in [0.2, 0.25) is 0 Å². The third kappa shape index (κ3) is 4.25. The zero-order valence-electron chi connectivity index (χ0n) is 13.5. The van der Waals surface area contributed by atoms with Gasteiger partial charge in [-0.05, 0) is 37.7 Å². The minimum absolute atomic E-state index is 0.118. The fourth-order valence-electron chi connectivity index (χ4n) is 2.04. The fourth-order valence-corrected chi connectivity index (χ4v) is 3.54. The van der Waals surface area contributed by atoms with Crippen LogP contribution in [-0.2, 0) is 4.74 Å². The van der Waals surface area contributed by atoms with Gasteiger partial charge in [-0.15, -0.1) is 11.3 Å². The van der Waals surface area contributed by atoms with E-state index in [2.05, 4.69) is 10.6 Å². The van der Waals surface area contributed by atoms with Crippen molar-refractivity contribution in [3.63, 3.8) is 0 Å².